The monoisotopic (exact) mass is 339 g/mol. The molecule has 0 aliphatic heterocycles. The average Bonchev–Trinajstić information content (AvgIpc) is 2.69. The summed E-state index contributed by atoms with van der Waals surface area (Å²) in [4.78, 5) is 12.8. The number of fused-ring (bicyclic) bond motifs is 1. The molecule has 0 heterocycles. The van der Waals surface area contributed by atoms with Crippen LogP contribution in [-0.2, 0) is 0 Å². The molecule has 2 N–H and O–H groups in total. The quantitative estimate of drug-likeness (QED) is 0.520. The Hall–Kier alpha value is -3.59. The summed E-state index contributed by atoms with van der Waals surface area (Å²) in [6.45, 7) is 0. The van der Waals surface area contributed by atoms with Crippen LogP contribution in [0.3, 0.4) is 0 Å². The number of hydrogen-bond donors (Lipinski definition) is 2. The first-order valence-electron chi connectivity index (χ1n) is 8.40. The van der Waals surface area contributed by atoms with Gasteiger partial charge in [-0.3, -0.25) is 4.79 Å². The number of rotatable bonds is 3. The SMILES string of the molecule is O=C(Nc1ccccc1-c1ccccc1)c1ccc2ccccc2c1O. The molecule has 0 radical (unpaired) electrons. The van der Waals surface area contributed by atoms with Crippen LogP contribution in [0.4, 0.5) is 5.69 Å². The summed E-state index contributed by atoms with van der Waals surface area (Å²) in [5.41, 5.74) is 2.91. The summed E-state index contributed by atoms with van der Waals surface area (Å²) in [5, 5.41) is 15.0. The van der Waals surface area contributed by atoms with Crippen molar-refractivity contribution in [2.24, 2.45) is 0 Å². The number of carbonyl (C=O) groups is 1. The molecule has 0 saturated heterocycles. The van der Waals surface area contributed by atoms with Crippen molar-refractivity contribution in [2.45, 2.75) is 0 Å². The van der Waals surface area contributed by atoms with Gasteiger partial charge >= 0.3 is 0 Å². The lowest BCUT2D eigenvalue weighted by Crippen LogP contribution is -2.13. The molecule has 0 spiro atoms. The maximum atomic E-state index is 12.8. The molecule has 26 heavy (non-hydrogen) atoms. The van der Waals surface area contributed by atoms with E-state index in [1.54, 1.807) is 12.1 Å². The molecule has 4 aromatic carbocycles. The predicted molar refractivity (Wildman–Crippen MR) is 105 cm³/mol. The number of benzene rings is 4. The molecule has 4 aromatic rings. The van der Waals surface area contributed by atoms with Crippen LogP contribution in [-0.4, -0.2) is 11.0 Å². The first-order valence-corrected chi connectivity index (χ1v) is 8.40. The highest BCUT2D eigenvalue weighted by molar-refractivity contribution is 6.11. The molecule has 4 rings (SSSR count). The molecule has 126 valence electrons. The third kappa shape index (κ3) is 2.91. The van der Waals surface area contributed by atoms with Gasteiger partial charge in [0.15, 0.2) is 0 Å². The summed E-state index contributed by atoms with van der Waals surface area (Å²) in [6, 6.07) is 28.5. The second kappa shape index (κ2) is 6.73. The van der Waals surface area contributed by atoms with Crippen molar-refractivity contribution in [1.29, 1.82) is 0 Å². The van der Waals surface area contributed by atoms with E-state index >= 15 is 0 Å². The molecule has 0 aliphatic carbocycles. The van der Waals surface area contributed by atoms with Crippen LogP contribution in [0.15, 0.2) is 91.0 Å². The van der Waals surface area contributed by atoms with Gasteiger partial charge in [-0.1, -0.05) is 78.9 Å². The van der Waals surface area contributed by atoms with E-state index in [0.717, 1.165) is 16.5 Å². The van der Waals surface area contributed by atoms with E-state index in [4.69, 9.17) is 0 Å². The van der Waals surface area contributed by atoms with E-state index in [1.807, 2.05) is 78.9 Å². The van der Waals surface area contributed by atoms with Crippen molar-refractivity contribution in [1.82, 2.24) is 0 Å². The third-order valence-corrected chi connectivity index (χ3v) is 4.41. The molecule has 3 nitrogen and oxygen atoms in total. The topological polar surface area (TPSA) is 49.3 Å². The number of para-hydroxylation sites is 1. The van der Waals surface area contributed by atoms with Crippen molar-refractivity contribution in [3.05, 3.63) is 96.6 Å². The number of phenols is 1. The zero-order chi connectivity index (χ0) is 17.9. The summed E-state index contributed by atoms with van der Waals surface area (Å²) >= 11 is 0. The molecule has 0 unspecified atom stereocenters. The van der Waals surface area contributed by atoms with Gasteiger partial charge < -0.3 is 10.4 Å². The zero-order valence-corrected chi connectivity index (χ0v) is 14.0. The van der Waals surface area contributed by atoms with E-state index in [2.05, 4.69) is 5.32 Å². The second-order valence-corrected chi connectivity index (χ2v) is 6.05. The molecule has 0 aliphatic rings. The number of nitrogens with one attached hydrogen (secondary N) is 1. The van der Waals surface area contributed by atoms with Crippen LogP contribution in [0.2, 0.25) is 0 Å². The fourth-order valence-corrected chi connectivity index (χ4v) is 3.09. The van der Waals surface area contributed by atoms with Crippen molar-refractivity contribution in [3.8, 4) is 16.9 Å². The van der Waals surface area contributed by atoms with E-state index in [9.17, 15) is 9.90 Å². The minimum Gasteiger partial charge on any atom is -0.506 e. The molecule has 3 heteroatoms. The minimum atomic E-state index is -0.336. The lowest BCUT2D eigenvalue weighted by Gasteiger charge is -2.13. The molecule has 0 saturated carbocycles. The third-order valence-electron chi connectivity index (χ3n) is 4.41. The Morgan fingerprint density at radius 3 is 2.27 bits per heavy atom. The summed E-state index contributed by atoms with van der Waals surface area (Å²) in [6.07, 6.45) is 0. The van der Waals surface area contributed by atoms with E-state index in [0.29, 0.717) is 11.1 Å². The highest BCUT2D eigenvalue weighted by Crippen LogP contribution is 2.31. The first kappa shape index (κ1) is 15.9. The van der Waals surface area contributed by atoms with Gasteiger partial charge in [0.05, 0.1) is 5.56 Å². The van der Waals surface area contributed by atoms with Gasteiger partial charge in [-0.05, 0) is 23.1 Å². The van der Waals surface area contributed by atoms with Crippen molar-refractivity contribution >= 4 is 22.4 Å². The molecule has 0 aromatic heterocycles. The van der Waals surface area contributed by atoms with Crippen LogP contribution in [0.5, 0.6) is 5.75 Å². The van der Waals surface area contributed by atoms with Gasteiger partial charge in [-0.25, -0.2) is 0 Å². The predicted octanol–water partition coefficient (Wildman–Crippen LogP) is 5.46. The summed E-state index contributed by atoms with van der Waals surface area (Å²) in [7, 11) is 0. The van der Waals surface area contributed by atoms with Gasteiger partial charge in [0.1, 0.15) is 5.75 Å². The number of phenolic OH excluding ortho intramolecular Hbond substituents is 1. The van der Waals surface area contributed by atoms with Crippen LogP contribution in [0.1, 0.15) is 10.4 Å². The lowest BCUT2D eigenvalue weighted by atomic mass is 10.0. The summed E-state index contributed by atoms with van der Waals surface area (Å²) in [5.74, 6) is -0.338. The van der Waals surface area contributed by atoms with Crippen molar-refractivity contribution in [2.75, 3.05) is 5.32 Å². The molecule has 0 atom stereocenters. The minimum absolute atomic E-state index is 0.00204. The highest BCUT2D eigenvalue weighted by atomic mass is 16.3. The molecule has 0 bridgehead atoms. The molecule has 1 amide bonds. The van der Waals surface area contributed by atoms with Crippen LogP contribution in [0, 0.1) is 0 Å². The van der Waals surface area contributed by atoms with E-state index < -0.39 is 0 Å². The lowest BCUT2D eigenvalue weighted by molar-refractivity contribution is 0.102. The second-order valence-electron chi connectivity index (χ2n) is 6.05. The Bertz CT molecular complexity index is 1090. The smallest absolute Gasteiger partial charge is 0.259 e. The molecule has 0 fully saturated rings. The van der Waals surface area contributed by atoms with Crippen molar-refractivity contribution in [3.63, 3.8) is 0 Å². The number of carbonyl (C=O) groups excluding carboxylic acids is 1. The van der Waals surface area contributed by atoms with Crippen molar-refractivity contribution < 1.29 is 9.90 Å². The normalized spacial score (nSPS) is 10.6. The van der Waals surface area contributed by atoms with Crippen LogP contribution >= 0.6 is 0 Å². The van der Waals surface area contributed by atoms with Crippen LogP contribution in [0.25, 0.3) is 21.9 Å². The molecular formula is C23H17NO2. The largest absolute Gasteiger partial charge is 0.506 e. The Morgan fingerprint density at radius 1 is 0.731 bits per heavy atom. The van der Waals surface area contributed by atoms with E-state index in [1.165, 1.54) is 0 Å². The Balaban J connectivity index is 1.71. The van der Waals surface area contributed by atoms with Gasteiger partial charge in [0.25, 0.3) is 5.91 Å². The average molecular weight is 339 g/mol. The fourth-order valence-electron chi connectivity index (χ4n) is 3.09. The van der Waals surface area contributed by atoms with Gasteiger partial charge in [-0.15, -0.1) is 0 Å². The summed E-state index contributed by atoms with van der Waals surface area (Å²) < 4.78 is 0. The standard InChI is InChI=1S/C23H17NO2/c25-22-19-12-5-4-10-17(19)14-15-20(22)23(26)24-21-13-7-6-11-18(21)16-8-2-1-3-9-16/h1-15,25H,(H,24,26). The zero-order valence-electron chi connectivity index (χ0n) is 14.0. The van der Waals surface area contributed by atoms with Crippen LogP contribution < -0.4 is 5.32 Å². The number of hydrogen-bond acceptors (Lipinski definition) is 2. The number of amides is 1. The Kier molecular flexibility index (Phi) is 4.12. The fraction of sp³-hybridized carbons (Fsp3) is 0. The van der Waals surface area contributed by atoms with Gasteiger partial charge in [0, 0.05) is 16.6 Å². The maximum absolute atomic E-state index is 12.8. The molecular weight excluding hydrogens is 322 g/mol. The van der Waals surface area contributed by atoms with Gasteiger partial charge in [0.2, 0.25) is 0 Å². The number of aromatic hydroxyl groups is 1. The Morgan fingerprint density at radius 2 is 1.42 bits per heavy atom. The van der Waals surface area contributed by atoms with Gasteiger partial charge in [-0.2, -0.15) is 0 Å². The highest BCUT2D eigenvalue weighted by Gasteiger charge is 2.15. The number of anilines is 1. The van der Waals surface area contributed by atoms with E-state index in [-0.39, 0.29) is 17.2 Å². The first-order chi connectivity index (χ1) is 12.7. The maximum Gasteiger partial charge on any atom is 0.259 e. The Labute approximate surface area is 151 Å².